The van der Waals surface area contributed by atoms with Gasteiger partial charge in [-0.05, 0) is 44.1 Å². The van der Waals surface area contributed by atoms with E-state index in [1.54, 1.807) is 6.20 Å². The molecule has 2 saturated carbocycles. The maximum Gasteiger partial charge on any atom is 0.223 e. The predicted octanol–water partition coefficient (Wildman–Crippen LogP) is 1.85. The smallest absolute Gasteiger partial charge is 0.223 e. The molecule has 0 aromatic carbocycles. The number of nitrogens with zero attached hydrogens (tertiary/aromatic N) is 3. The molecule has 1 amide bonds. The molecular weight excluding hydrogens is 306 g/mol. The van der Waals surface area contributed by atoms with E-state index >= 15 is 0 Å². The van der Waals surface area contributed by atoms with E-state index in [4.69, 9.17) is 9.47 Å². The zero-order chi connectivity index (χ0) is 16.4. The van der Waals surface area contributed by atoms with Gasteiger partial charge < -0.3 is 14.4 Å². The Kier molecular flexibility index (Phi) is 4.85. The lowest BCUT2D eigenvalue weighted by atomic mass is 10.1. The lowest BCUT2D eigenvalue weighted by molar-refractivity contribution is -0.151. The summed E-state index contributed by atoms with van der Waals surface area (Å²) in [7, 11) is 0. The van der Waals surface area contributed by atoms with Crippen LogP contribution >= 0.6 is 0 Å². The second-order valence-corrected chi connectivity index (χ2v) is 7.25. The van der Waals surface area contributed by atoms with E-state index in [0.29, 0.717) is 25.0 Å². The number of hydrogen-bond donors (Lipinski definition) is 0. The lowest BCUT2D eigenvalue weighted by Gasteiger charge is -2.39. The van der Waals surface area contributed by atoms with Crippen LogP contribution in [0.3, 0.4) is 0 Å². The second-order valence-electron chi connectivity index (χ2n) is 7.25. The van der Waals surface area contributed by atoms with Gasteiger partial charge in [-0.25, -0.2) is 0 Å². The average molecular weight is 333 g/mol. The Bertz CT molecular complexity index is 544. The molecule has 2 aliphatic carbocycles. The van der Waals surface area contributed by atoms with Crippen molar-refractivity contribution in [3.05, 3.63) is 18.5 Å². The van der Waals surface area contributed by atoms with Crippen LogP contribution in [0.15, 0.2) is 18.5 Å². The molecular formula is C18H27N3O3. The molecule has 1 aromatic rings. The fourth-order valence-electron chi connectivity index (χ4n) is 3.98. The summed E-state index contributed by atoms with van der Waals surface area (Å²) in [4.78, 5) is 14.6. The monoisotopic (exact) mass is 333 g/mol. The van der Waals surface area contributed by atoms with Crippen molar-refractivity contribution in [2.24, 2.45) is 5.92 Å². The van der Waals surface area contributed by atoms with Gasteiger partial charge >= 0.3 is 0 Å². The fraction of sp³-hybridized carbons (Fsp3) is 0.778. The van der Waals surface area contributed by atoms with Crippen molar-refractivity contribution in [3.63, 3.8) is 0 Å². The highest BCUT2D eigenvalue weighted by Gasteiger charge is 2.45. The number of ether oxygens (including phenoxy) is 2. The number of carbonyl (C=O) groups excluding carboxylic acids is 1. The van der Waals surface area contributed by atoms with Crippen molar-refractivity contribution in [1.29, 1.82) is 0 Å². The van der Waals surface area contributed by atoms with Crippen molar-refractivity contribution in [1.82, 2.24) is 14.7 Å². The second kappa shape index (κ2) is 7.23. The fourth-order valence-corrected chi connectivity index (χ4v) is 3.98. The standard InChI is InChI=1S/C18H27N3O3/c22-17(13-14-3-4-14)21-10-12-24-18-15(21)5-6-16(18)23-11-2-9-20-8-1-7-19-20/h1,7-8,14-16,18H,2-6,9-13H2/t15-,16+,18+/m0/s1. The summed E-state index contributed by atoms with van der Waals surface area (Å²) in [5.74, 6) is 0.977. The topological polar surface area (TPSA) is 56.6 Å². The third-order valence-corrected chi connectivity index (χ3v) is 5.44. The number of rotatable bonds is 7. The first-order valence-corrected chi connectivity index (χ1v) is 9.31. The summed E-state index contributed by atoms with van der Waals surface area (Å²) in [6.07, 6.45) is 10.1. The van der Waals surface area contributed by atoms with Crippen LogP contribution in [0.1, 0.15) is 38.5 Å². The molecule has 6 nitrogen and oxygen atoms in total. The van der Waals surface area contributed by atoms with E-state index in [1.165, 1.54) is 12.8 Å². The quantitative estimate of drug-likeness (QED) is 0.715. The van der Waals surface area contributed by atoms with E-state index in [-0.39, 0.29) is 18.2 Å². The van der Waals surface area contributed by atoms with Gasteiger partial charge in [0.25, 0.3) is 0 Å². The zero-order valence-corrected chi connectivity index (χ0v) is 14.2. The Morgan fingerprint density at radius 2 is 2.21 bits per heavy atom. The van der Waals surface area contributed by atoms with Gasteiger partial charge in [-0.15, -0.1) is 0 Å². The number of hydrogen-bond acceptors (Lipinski definition) is 4. The van der Waals surface area contributed by atoms with Crippen LogP contribution in [0.5, 0.6) is 0 Å². The Morgan fingerprint density at radius 1 is 1.29 bits per heavy atom. The van der Waals surface area contributed by atoms with E-state index in [0.717, 1.165) is 38.8 Å². The molecule has 4 rings (SSSR count). The Hall–Kier alpha value is -1.40. The van der Waals surface area contributed by atoms with Gasteiger partial charge in [0.15, 0.2) is 0 Å². The molecule has 3 fully saturated rings. The van der Waals surface area contributed by atoms with Crippen LogP contribution in [0.25, 0.3) is 0 Å². The molecule has 3 aliphatic rings. The van der Waals surface area contributed by atoms with Crippen LogP contribution in [-0.2, 0) is 20.8 Å². The molecule has 1 aromatic heterocycles. The first-order chi connectivity index (χ1) is 11.8. The average Bonchev–Trinajstić information content (AvgIpc) is 3.10. The Morgan fingerprint density at radius 3 is 3.00 bits per heavy atom. The highest BCUT2D eigenvalue weighted by molar-refractivity contribution is 5.77. The van der Waals surface area contributed by atoms with Crippen LogP contribution in [0.2, 0.25) is 0 Å². The van der Waals surface area contributed by atoms with Crippen molar-refractivity contribution < 1.29 is 14.3 Å². The van der Waals surface area contributed by atoms with Crippen molar-refractivity contribution in [2.45, 2.75) is 63.3 Å². The molecule has 0 radical (unpaired) electrons. The highest BCUT2D eigenvalue weighted by atomic mass is 16.5. The number of carbonyl (C=O) groups is 1. The van der Waals surface area contributed by atoms with Gasteiger partial charge in [0, 0.05) is 38.5 Å². The number of amides is 1. The van der Waals surface area contributed by atoms with Gasteiger partial charge in [0.1, 0.15) is 6.10 Å². The minimum Gasteiger partial charge on any atom is -0.375 e. The maximum atomic E-state index is 12.5. The molecule has 1 saturated heterocycles. The first kappa shape index (κ1) is 16.1. The summed E-state index contributed by atoms with van der Waals surface area (Å²) in [6.45, 7) is 2.98. The molecule has 0 unspecified atom stereocenters. The number of morpholine rings is 1. The maximum absolute atomic E-state index is 12.5. The van der Waals surface area contributed by atoms with Crippen molar-refractivity contribution in [3.8, 4) is 0 Å². The number of aryl methyl sites for hydroxylation is 1. The summed E-state index contributed by atoms with van der Waals surface area (Å²) in [5, 5.41) is 4.20. The molecule has 0 spiro atoms. The summed E-state index contributed by atoms with van der Waals surface area (Å²) in [6, 6.07) is 2.16. The third-order valence-electron chi connectivity index (χ3n) is 5.44. The molecule has 6 heteroatoms. The first-order valence-electron chi connectivity index (χ1n) is 9.31. The molecule has 24 heavy (non-hydrogen) atoms. The van der Waals surface area contributed by atoms with E-state index in [2.05, 4.69) is 10.00 Å². The summed E-state index contributed by atoms with van der Waals surface area (Å²) >= 11 is 0. The summed E-state index contributed by atoms with van der Waals surface area (Å²) in [5.41, 5.74) is 0. The molecule has 2 heterocycles. The van der Waals surface area contributed by atoms with Gasteiger partial charge in [-0.2, -0.15) is 5.10 Å². The molecule has 132 valence electrons. The van der Waals surface area contributed by atoms with E-state index in [1.807, 2.05) is 16.9 Å². The number of fused-ring (bicyclic) bond motifs is 1. The SMILES string of the molecule is O=C(CC1CC1)N1CCO[C@H]2[C@H](OCCCn3cccn3)CC[C@@H]21. The van der Waals surface area contributed by atoms with Crippen molar-refractivity contribution in [2.75, 3.05) is 19.8 Å². The third kappa shape index (κ3) is 3.64. The number of aromatic nitrogens is 2. The highest BCUT2D eigenvalue weighted by Crippen LogP contribution is 2.36. The van der Waals surface area contributed by atoms with Crippen LogP contribution in [-0.4, -0.2) is 58.6 Å². The van der Waals surface area contributed by atoms with Crippen LogP contribution < -0.4 is 0 Å². The zero-order valence-electron chi connectivity index (χ0n) is 14.2. The molecule has 0 bridgehead atoms. The minimum absolute atomic E-state index is 0.0617. The molecule has 0 N–H and O–H groups in total. The Labute approximate surface area is 143 Å². The van der Waals surface area contributed by atoms with Crippen molar-refractivity contribution >= 4 is 5.91 Å². The van der Waals surface area contributed by atoms with Gasteiger partial charge in [0.05, 0.1) is 18.8 Å². The lowest BCUT2D eigenvalue weighted by Crippen LogP contribution is -2.54. The van der Waals surface area contributed by atoms with Gasteiger partial charge in [-0.3, -0.25) is 9.48 Å². The summed E-state index contributed by atoms with van der Waals surface area (Å²) < 4.78 is 14.0. The van der Waals surface area contributed by atoms with Gasteiger partial charge in [0.2, 0.25) is 5.91 Å². The Balaban J connectivity index is 1.25. The van der Waals surface area contributed by atoms with Crippen LogP contribution in [0, 0.1) is 5.92 Å². The molecule has 3 atom stereocenters. The van der Waals surface area contributed by atoms with Gasteiger partial charge in [-0.1, -0.05) is 0 Å². The van der Waals surface area contributed by atoms with E-state index < -0.39 is 0 Å². The largest absolute Gasteiger partial charge is 0.375 e. The predicted molar refractivity (Wildman–Crippen MR) is 88.4 cm³/mol. The van der Waals surface area contributed by atoms with Crippen LogP contribution in [0.4, 0.5) is 0 Å². The van der Waals surface area contributed by atoms with E-state index in [9.17, 15) is 4.79 Å². The minimum atomic E-state index is 0.0617. The molecule has 1 aliphatic heterocycles. The normalized spacial score (nSPS) is 29.7.